The minimum absolute atomic E-state index is 0.291. The number of hydrogen-bond donors (Lipinski definition) is 1. The first-order valence-corrected chi connectivity index (χ1v) is 6.77. The zero-order valence-electron chi connectivity index (χ0n) is 10.5. The molecule has 0 aromatic heterocycles. The summed E-state index contributed by atoms with van der Waals surface area (Å²) >= 11 is 6.36. The third kappa shape index (κ3) is 1.79. The molecule has 1 aliphatic carbocycles. The number of halogens is 1. The molecule has 2 aliphatic rings. The summed E-state index contributed by atoms with van der Waals surface area (Å²) in [4.78, 5) is 2.32. The number of anilines is 2. The molecule has 0 radical (unpaired) electrons. The largest absolute Gasteiger partial charge is 0.376 e. The van der Waals surface area contributed by atoms with Crippen molar-refractivity contribution in [2.75, 3.05) is 23.8 Å². The molecule has 1 fully saturated rings. The SMILES string of the molecule is Cc1cc(Cl)c2c(c1)NC1(CCCC1)CN2C. The van der Waals surface area contributed by atoms with Gasteiger partial charge < -0.3 is 10.2 Å². The van der Waals surface area contributed by atoms with Crippen LogP contribution < -0.4 is 10.2 Å². The third-order valence-corrected chi connectivity index (χ3v) is 4.38. The Hall–Kier alpha value is -0.890. The highest BCUT2D eigenvalue weighted by molar-refractivity contribution is 6.34. The lowest BCUT2D eigenvalue weighted by Crippen LogP contribution is -2.49. The normalized spacial score (nSPS) is 21.5. The Kier molecular flexibility index (Phi) is 2.51. The predicted molar refractivity (Wildman–Crippen MR) is 74.3 cm³/mol. The number of nitrogens with zero attached hydrogens (tertiary/aromatic N) is 1. The fourth-order valence-corrected chi connectivity index (χ4v) is 3.83. The minimum atomic E-state index is 0.291. The van der Waals surface area contributed by atoms with Crippen molar-refractivity contribution in [2.24, 2.45) is 0 Å². The molecule has 1 heterocycles. The first kappa shape index (κ1) is 11.2. The molecule has 1 aliphatic heterocycles. The lowest BCUT2D eigenvalue weighted by Gasteiger charge is -2.43. The van der Waals surface area contributed by atoms with E-state index in [1.54, 1.807) is 0 Å². The molecule has 0 bridgehead atoms. The summed E-state index contributed by atoms with van der Waals surface area (Å²) in [5, 5.41) is 4.62. The summed E-state index contributed by atoms with van der Waals surface area (Å²) in [5.74, 6) is 0. The van der Waals surface area contributed by atoms with Gasteiger partial charge in [0.1, 0.15) is 0 Å². The van der Waals surface area contributed by atoms with Crippen LogP contribution in [0.1, 0.15) is 31.2 Å². The molecule has 0 saturated heterocycles. The van der Waals surface area contributed by atoms with E-state index in [-0.39, 0.29) is 0 Å². The van der Waals surface area contributed by atoms with Crippen LogP contribution in [0.3, 0.4) is 0 Å². The van der Waals surface area contributed by atoms with Gasteiger partial charge in [-0.05, 0) is 37.5 Å². The Morgan fingerprint density at radius 2 is 2.00 bits per heavy atom. The van der Waals surface area contributed by atoms with Crippen LogP contribution in [0.5, 0.6) is 0 Å². The third-order valence-electron chi connectivity index (χ3n) is 4.09. The molecule has 1 N–H and O–H groups in total. The van der Waals surface area contributed by atoms with Crippen LogP contribution >= 0.6 is 11.6 Å². The van der Waals surface area contributed by atoms with Crippen LogP contribution in [-0.4, -0.2) is 19.1 Å². The van der Waals surface area contributed by atoms with Crippen molar-refractivity contribution in [3.8, 4) is 0 Å². The van der Waals surface area contributed by atoms with Crippen molar-refractivity contribution in [1.29, 1.82) is 0 Å². The van der Waals surface area contributed by atoms with Gasteiger partial charge in [-0.3, -0.25) is 0 Å². The summed E-state index contributed by atoms with van der Waals surface area (Å²) in [7, 11) is 2.15. The van der Waals surface area contributed by atoms with Gasteiger partial charge in [0.05, 0.1) is 21.9 Å². The maximum Gasteiger partial charge on any atom is 0.0789 e. The number of fused-ring (bicyclic) bond motifs is 1. The number of benzene rings is 1. The standard InChI is InChI=1S/C14H19ClN2/c1-10-7-11(15)13-12(8-10)16-14(9-17(13)2)5-3-4-6-14/h7-8,16H,3-6,9H2,1-2H3. The molecule has 3 heteroatoms. The first-order valence-electron chi connectivity index (χ1n) is 6.39. The van der Waals surface area contributed by atoms with E-state index in [1.807, 2.05) is 6.07 Å². The molecule has 17 heavy (non-hydrogen) atoms. The second kappa shape index (κ2) is 3.81. The van der Waals surface area contributed by atoms with Crippen molar-refractivity contribution < 1.29 is 0 Å². The van der Waals surface area contributed by atoms with Crippen molar-refractivity contribution in [3.05, 3.63) is 22.7 Å². The van der Waals surface area contributed by atoms with Crippen molar-refractivity contribution >= 4 is 23.0 Å². The average Bonchev–Trinajstić information content (AvgIpc) is 2.63. The summed E-state index contributed by atoms with van der Waals surface area (Å²) in [5.41, 5.74) is 3.89. The molecule has 0 amide bonds. The van der Waals surface area contributed by atoms with E-state index in [4.69, 9.17) is 11.6 Å². The number of likely N-dealkylation sites (N-methyl/N-ethyl adjacent to an activating group) is 1. The van der Waals surface area contributed by atoms with Gasteiger partial charge in [0.2, 0.25) is 0 Å². The summed E-state index contributed by atoms with van der Waals surface area (Å²) in [6.07, 6.45) is 5.25. The highest BCUT2D eigenvalue weighted by Gasteiger charge is 2.39. The zero-order chi connectivity index (χ0) is 12.0. The van der Waals surface area contributed by atoms with Gasteiger partial charge in [0.15, 0.2) is 0 Å². The van der Waals surface area contributed by atoms with Gasteiger partial charge in [0.25, 0.3) is 0 Å². The summed E-state index contributed by atoms with van der Waals surface area (Å²) in [6.45, 7) is 3.17. The summed E-state index contributed by atoms with van der Waals surface area (Å²) in [6, 6.07) is 4.27. The van der Waals surface area contributed by atoms with Crippen LogP contribution in [0.25, 0.3) is 0 Å². The maximum absolute atomic E-state index is 6.36. The molecule has 3 rings (SSSR count). The molecule has 0 atom stereocenters. The van der Waals surface area contributed by atoms with Gasteiger partial charge in [-0.1, -0.05) is 24.4 Å². The number of hydrogen-bond acceptors (Lipinski definition) is 2. The van der Waals surface area contributed by atoms with E-state index in [2.05, 4.69) is 30.3 Å². The lowest BCUT2D eigenvalue weighted by molar-refractivity contribution is 0.472. The fraction of sp³-hybridized carbons (Fsp3) is 0.571. The van der Waals surface area contributed by atoms with Crippen LogP contribution in [0.2, 0.25) is 5.02 Å². The maximum atomic E-state index is 6.36. The van der Waals surface area contributed by atoms with E-state index in [9.17, 15) is 0 Å². The lowest BCUT2D eigenvalue weighted by atomic mass is 9.93. The quantitative estimate of drug-likeness (QED) is 0.753. The zero-order valence-corrected chi connectivity index (χ0v) is 11.3. The molecule has 0 unspecified atom stereocenters. The Morgan fingerprint density at radius 1 is 1.29 bits per heavy atom. The van der Waals surface area contributed by atoms with Gasteiger partial charge in [-0.15, -0.1) is 0 Å². The van der Waals surface area contributed by atoms with Gasteiger partial charge in [-0.2, -0.15) is 0 Å². The van der Waals surface area contributed by atoms with E-state index >= 15 is 0 Å². The van der Waals surface area contributed by atoms with Crippen molar-refractivity contribution in [3.63, 3.8) is 0 Å². The molecule has 2 nitrogen and oxygen atoms in total. The van der Waals surface area contributed by atoms with E-state index < -0.39 is 0 Å². The minimum Gasteiger partial charge on any atom is -0.376 e. The Balaban J connectivity index is 2.05. The van der Waals surface area contributed by atoms with Crippen LogP contribution in [0.4, 0.5) is 11.4 Å². The Morgan fingerprint density at radius 3 is 2.71 bits per heavy atom. The van der Waals surface area contributed by atoms with E-state index in [1.165, 1.54) is 36.9 Å². The second-order valence-electron chi connectivity index (χ2n) is 5.61. The Bertz CT molecular complexity index is 450. The predicted octanol–water partition coefficient (Wildman–Crippen LogP) is 3.82. The van der Waals surface area contributed by atoms with Crippen LogP contribution in [-0.2, 0) is 0 Å². The molecule has 92 valence electrons. The molecular weight excluding hydrogens is 232 g/mol. The molecule has 1 spiro atoms. The van der Waals surface area contributed by atoms with Crippen LogP contribution in [0.15, 0.2) is 12.1 Å². The fourth-order valence-electron chi connectivity index (χ4n) is 3.41. The molecule has 1 saturated carbocycles. The topological polar surface area (TPSA) is 15.3 Å². The molecule has 1 aromatic rings. The number of rotatable bonds is 0. The highest BCUT2D eigenvalue weighted by Crippen LogP contribution is 2.44. The molecule has 1 aromatic carbocycles. The first-order chi connectivity index (χ1) is 8.10. The average molecular weight is 251 g/mol. The van der Waals surface area contributed by atoms with Gasteiger partial charge in [-0.25, -0.2) is 0 Å². The Labute approximate surface area is 108 Å². The molecular formula is C14H19ClN2. The highest BCUT2D eigenvalue weighted by atomic mass is 35.5. The number of nitrogens with one attached hydrogen (secondary N) is 1. The smallest absolute Gasteiger partial charge is 0.0789 e. The van der Waals surface area contributed by atoms with Crippen LogP contribution in [0, 0.1) is 6.92 Å². The van der Waals surface area contributed by atoms with Crippen molar-refractivity contribution in [1.82, 2.24) is 0 Å². The summed E-state index contributed by atoms with van der Waals surface area (Å²) < 4.78 is 0. The van der Waals surface area contributed by atoms with Gasteiger partial charge in [0, 0.05) is 13.6 Å². The van der Waals surface area contributed by atoms with Gasteiger partial charge >= 0.3 is 0 Å². The van der Waals surface area contributed by atoms with E-state index in [0.717, 1.165) is 17.3 Å². The second-order valence-corrected chi connectivity index (χ2v) is 6.02. The number of aryl methyl sites for hydroxylation is 1. The monoisotopic (exact) mass is 250 g/mol. The van der Waals surface area contributed by atoms with Crippen molar-refractivity contribution in [2.45, 2.75) is 38.1 Å². The van der Waals surface area contributed by atoms with E-state index in [0.29, 0.717) is 5.54 Å².